The van der Waals surface area contributed by atoms with Gasteiger partial charge in [0.2, 0.25) is 5.95 Å². The lowest BCUT2D eigenvalue weighted by Gasteiger charge is -2.48. The van der Waals surface area contributed by atoms with Gasteiger partial charge in [-0.3, -0.25) is 9.62 Å². The average molecular weight is 541 g/mol. The number of hydrogen-bond acceptors (Lipinski definition) is 6. The lowest BCUT2D eigenvalue weighted by Crippen LogP contribution is -2.55. The molecule has 0 unspecified atom stereocenters. The van der Waals surface area contributed by atoms with E-state index in [1.54, 1.807) is 13.2 Å². The van der Waals surface area contributed by atoms with Crippen molar-refractivity contribution in [2.24, 2.45) is 5.92 Å². The van der Waals surface area contributed by atoms with Crippen LogP contribution in [0.2, 0.25) is 5.02 Å². The van der Waals surface area contributed by atoms with Crippen LogP contribution in [-0.4, -0.2) is 63.2 Å². The van der Waals surface area contributed by atoms with Gasteiger partial charge in [-0.25, -0.2) is 17.8 Å². The summed E-state index contributed by atoms with van der Waals surface area (Å²) in [4.78, 5) is 7.45. The number of sulfonamides is 1. The zero-order valence-corrected chi connectivity index (χ0v) is 22.0. The van der Waals surface area contributed by atoms with E-state index in [2.05, 4.69) is 14.6 Å². The van der Waals surface area contributed by atoms with Crippen molar-refractivity contribution in [2.45, 2.75) is 55.6 Å². The topological polar surface area (TPSA) is 74.8 Å². The number of hydrogen-bond donors (Lipinski definition) is 1. The molecule has 0 radical (unpaired) electrons. The van der Waals surface area contributed by atoms with E-state index in [4.69, 9.17) is 16.3 Å². The summed E-state index contributed by atoms with van der Waals surface area (Å²) in [6.07, 6.45) is 5.85. The molecule has 4 aliphatic rings. The highest BCUT2D eigenvalue weighted by Crippen LogP contribution is 2.41. The Hall–Kier alpha value is -2.01. The van der Waals surface area contributed by atoms with Crippen LogP contribution in [0.25, 0.3) is 0 Å². The minimum atomic E-state index is -4.39. The van der Waals surface area contributed by atoms with Gasteiger partial charge in [0.05, 0.1) is 11.3 Å². The molecular weight excluding hydrogens is 510 g/mol. The third-order valence-corrected chi connectivity index (χ3v) is 9.83. The van der Waals surface area contributed by atoms with E-state index in [9.17, 15) is 12.8 Å². The van der Waals surface area contributed by atoms with Gasteiger partial charge in [-0.15, -0.1) is 0 Å². The highest BCUT2D eigenvalue weighted by atomic mass is 35.5. The van der Waals surface area contributed by atoms with Crippen LogP contribution in [0.15, 0.2) is 29.2 Å². The molecule has 2 bridgehead atoms. The summed E-state index contributed by atoms with van der Waals surface area (Å²) in [5.74, 6) is -1.38. The zero-order chi connectivity index (χ0) is 25.7. The van der Waals surface area contributed by atoms with E-state index in [1.165, 1.54) is 44.7 Å². The van der Waals surface area contributed by atoms with Crippen molar-refractivity contribution in [1.82, 2.24) is 9.88 Å². The Balaban J connectivity index is 1.38. The first-order valence-electron chi connectivity index (χ1n) is 12.3. The van der Waals surface area contributed by atoms with Crippen LogP contribution in [0.3, 0.4) is 0 Å². The summed E-state index contributed by atoms with van der Waals surface area (Å²) < 4.78 is 63.0. The number of halogens is 3. The summed E-state index contributed by atoms with van der Waals surface area (Å²) in [6.45, 7) is 4.58. The number of rotatable bonds is 7. The molecule has 1 saturated carbocycles. The molecule has 36 heavy (non-hydrogen) atoms. The van der Waals surface area contributed by atoms with Crippen molar-refractivity contribution in [3.63, 3.8) is 0 Å². The SMILES string of the molecule is CO[C@@]1(CN2CC3CCC2CC3)CCN(c2cc(C)c(S(=O)(=O)Nc3cccc(F)n3)c(F)c2Cl)C1. The number of ether oxygens (including phenoxy) is 1. The quantitative estimate of drug-likeness (QED) is 0.518. The maximum atomic E-state index is 15.5. The number of nitrogens with one attached hydrogen (secondary N) is 1. The van der Waals surface area contributed by atoms with Gasteiger partial charge in [0.25, 0.3) is 10.0 Å². The van der Waals surface area contributed by atoms with Crippen molar-refractivity contribution in [2.75, 3.05) is 42.9 Å². The summed E-state index contributed by atoms with van der Waals surface area (Å²) in [6, 6.07) is 5.87. The molecule has 4 fully saturated rings. The van der Waals surface area contributed by atoms with Gasteiger partial charge >= 0.3 is 0 Å². The molecule has 196 valence electrons. The van der Waals surface area contributed by atoms with Gasteiger partial charge < -0.3 is 9.64 Å². The molecule has 0 amide bonds. The van der Waals surface area contributed by atoms with Crippen molar-refractivity contribution in [3.8, 4) is 0 Å². The van der Waals surface area contributed by atoms with Gasteiger partial charge in [0.15, 0.2) is 5.82 Å². The van der Waals surface area contributed by atoms with E-state index >= 15 is 4.39 Å². The molecule has 1 aliphatic carbocycles. The minimum Gasteiger partial charge on any atom is -0.375 e. The van der Waals surface area contributed by atoms with E-state index < -0.39 is 32.3 Å². The molecule has 1 N–H and O–H groups in total. The average Bonchev–Trinajstić information content (AvgIpc) is 3.26. The van der Waals surface area contributed by atoms with Crippen molar-refractivity contribution in [3.05, 3.63) is 46.6 Å². The van der Waals surface area contributed by atoms with Gasteiger partial charge in [-0.2, -0.15) is 4.39 Å². The molecule has 7 nitrogen and oxygen atoms in total. The zero-order valence-electron chi connectivity index (χ0n) is 20.4. The predicted molar refractivity (Wildman–Crippen MR) is 135 cm³/mol. The van der Waals surface area contributed by atoms with Crippen LogP contribution in [-0.2, 0) is 14.8 Å². The number of methoxy groups -OCH3 is 1. The Labute approximate surface area is 215 Å². The van der Waals surface area contributed by atoms with Crippen LogP contribution in [0, 0.1) is 24.6 Å². The highest BCUT2D eigenvalue weighted by molar-refractivity contribution is 7.92. The standard InChI is InChI=1S/C25H31ClF2N4O3S/c1-16-12-19(22(26)23(28)24(16)36(33,34)30-21-5-3-4-20(27)29-21)31-11-10-25(14-31,35-2)15-32-13-17-6-8-18(32)9-7-17/h3-5,12,17-18H,6-11,13-15H2,1-2H3,(H,29,30)/t17?,18?,25-/m0/s1. The fourth-order valence-electron chi connectivity index (χ4n) is 6.08. The fraction of sp³-hybridized carbons (Fsp3) is 0.560. The van der Waals surface area contributed by atoms with Crippen LogP contribution in [0.4, 0.5) is 20.3 Å². The highest BCUT2D eigenvalue weighted by Gasteiger charge is 2.44. The molecule has 11 heteroatoms. The second kappa shape index (κ2) is 9.70. The number of nitrogens with zero attached hydrogens (tertiary/aromatic N) is 3. The maximum absolute atomic E-state index is 15.5. The van der Waals surface area contributed by atoms with E-state index in [1.807, 2.05) is 4.90 Å². The van der Waals surface area contributed by atoms with Crippen molar-refractivity contribution in [1.29, 1.82) is 0 Å². The monoisotopic (exact) mass is 540 g/mol. The number of aryl methyl sites for hydroxylation is 1. The number of anilines is 2. The molecule has 6 rings (SSSR count). The minimum absolute atomic E-state index is 0.194. The summed E-state index contributed by atoms with van der Waals surface area (Å²) in [5.41, 5.74) is 0.230. The van der Waals surface area contributed by atoms with Crippen molar-refractivity contribution >= 4 is 33.1 Å². The summed E-state index contributed by atoms with van der Waals surface area (Å²) >= 11 is 6.43. The van der Waals surface area contributed by atoms with E-state index in [-0.39, 0.29) is 16.4 Å². The molecule has 0 spiro atoms. The van der Waals surface area contributed by atoms with E-state index in [0.717, 1.165) is 31.5 Å². The first-order valence-corrected chi connectivity index (χ1v) is 14.1. The molecule has 3 saturated heterocycles. The Bertz CT molecular complexity index is 1260. The van der Waals surface area contributed by atoms with Crippen LogP contribution in [0.5, 0.6) is 0 Å². The largest absolute Gasteiger partial charge is 0.375 e. The van der Waals surface area contributed by atoms with Gasteiger partial charge in [0.1, 0.15) is 15.7 Å². The van der Waals surface area contributed by atoms with Gasteiger partial charge in [-0.1, -0.05) is 17.7 Å². The fourth-order valence-corrected chi connectivity index (χ4v) is 7.72. The van der Waals surface area contributed by atoms with Gasteiger partial charge in [-0.05, 0) is 68.7 Å². The first kappa shape index (κ1) is 25.6. The predicted octanol–water partition coefficient (Wildman–Crippen LogP) is 4.59. The third-order valence-electron chi connectivity index (χ3n) is 7.96. The molecule has 4 heterocycles. The third kappa shape index (κ3) is 4.80. The normalized spacial score (nSPS) is 26.5. The summed E-state index contributed by atoms with van der Waals surface area (Å²) in [7, 11) is -2.67. The Morgan fingerprint density at radius 2 is 2.00 bits per heavy atom. The molecule has 1 aromatic heterocycles. The van der Waals surface area contributed by atoms with Crippen LogP contribution in [0.1, 0.15) is 37.7 Å². The number of piperidine rings is 2. The molecular formula is C25H31ClF2N4O3S. The molecule has 3 aliphatic heterocycles. The lowest BCUT2D eigenvalue weighted by molar-refractivity contribution is -0.0556. The number of aromatic nitrogens is 1. The second-order valence-electron chi connectivity index (χ2n) is 10.3. The number of pyridine rings is 1. The lowest BCUT2D eigenvalue weighted by atomic mass is 9.79. The smallest absolute Gasteiger partial charge is 0.266 e. The second-order valence-corrected chi connectivity index (χ2v) is 12.3. The molecule has 1 atom stereocenters. The molecule has 2 aromatic rings. The van der Waals surface area contributed by atoms with Crippen molar-refractivity contribution < 1.29 is 21.9 Å². The Morgan fingerprint density at radius 1 is 1.25 bits per heavy atom. The van der Waals surface area contributed by atoms with E-state index in [0.29, 0.717) is 24.8 Å². The Kier molecular flexibility index (Phi) is 6.91. The van der Waals surface area contributed by atoms with Gasteiger partial charge in [0, 0.05) is 39.3 Å². The van der Waals surface area contributed by atoms with Crippen LogP contribution >= 0.6 is 11.6 Å². The first-order chi connectivity index (χ1) is 17.1. The number of benzene rings is 1. The maximum Gasteiger partial charge on any atom is 0.266 e. The summed E-state index contributed by atoms with van der Waals surface area (Å²) in [5, 5.41) is -0.267. The molecule has 1 aromatic carbocycles. The number of fused-ring (bicyclic) bond motifs is 3. The van der Waals surface area contributed by atoms with Crippen LogP contribution < -0.4 is 9.62 Å². The Morgan fingerprint density at radius 3 is 2.64 bits per heavy atom.